The number of aromatic nitrogens is 3. The van der Waals surface area contributed by atoms with Gasteiger partial charge in [-0.05, 0) is 68.0 Å². The topological polar surface area (TPSA) is 100 Å². The third-order valence-corrected chi connectivity index (χ3v) is 6.95. The van der Waals surface area contributed by atoms with Gasteiger partial charge in [-0.3, -0.25) is 9.89 Å². The molecular formula is C26H32N6O2. The molecule has 178 valence electrons. The number of carbonyl (C=O) groups is 1. The lowest BCUT2D eigenvalue weighted by atomic mass is 9.89. The second-order valence-electron chi connectivity index (χ2n) is 9.26. The Bertz CT molecular complexity index is 1160. The van der Waals surface area contributed by atoms with Crippen molar-refractivity contribution in [3.63, 3.8) is 0 Å². The smallest absolute Gasteiger partial charge is 0.254 e. The predicted octanol–water partition coefficient (Wildman–Crippen LogP) is 3.53. The monoisotopic (exact) mass is 460 g/mol. The summed E-state index contributed by atoms with van der Waals surface area (Å²) in [5, 5.41) is 7.35. The van der Waals surface area contributed by atoms with Crippen LogP contribution >= 0.6 is 0 Å². The van der Waals surface area contributed by atoms with Crippen LogP contribution in [0.5, 0.6) is 0 Å². The minimum atomic E-state index is 0.0790. The normalized spacial score (nSPS) is 17.2. The summed E-state index contributed by atoms with van der Waals surface area (Å²) in [6.07, 6.45) is 1.90. The Labute approximate surface area is 200 Å². The largest absolute Gasteiger partial charge is 0.399 e. The number of hydrogen-bond donors (Lipinski definition) is 2. The summed E-state index contributed by atoms with van der Waals surface area (Å²) in [7, 11) is 0. The molecule has 2 saturated heterocycles. The predicted molar refractivity (Wildman–Crippen MR) is 133 cm³/mol. The molecule has 1 amide bonds. The van der Waals surface area contributed by atoms with Crippen LogP contribution in [-0.2, 0) is 4.74 Å². The number of aromatic amines is 1. The summed E-state index contributed by atoms with van der Waals surface area (Å²) < 4.78 is 5.54. The quantitative estimate of drug-likeness (QED) is 0.578. The summed E-state index contributed by atoms with van der Waals surface area (Å²) in [5.41, 5.74) is 11.6. The number of H-pyrrole nitrogens is 1. The van der Waals surface area contributed by atoms with Gasteiger partial charge in [0.25, 0.3) is 5.91 Å². The zero-order chi connectivity index (χ0) is 23.7. The maximum atomic E-state index is 13.6. The number of ether oxygens (including phenoxy) is 1. The number of morpholine rings is 1. The molecule has 3 N–H and O–H groups in total. The van der Waals surface area contributed by atoms with Crippen LogP contribution in [0.2, 0.25) is 0 Å². The fourth-order valence-electron chi connectivity index (χ4n) is 4.99. The highest BCUT2D eigenvalue weighted by Gasteiger charge is 2.27. The van der Waals surface area contributed by atoms with Crippen molar-refractivity contribution in [1.82, 2.24) is 20.1 Å². The fourth-order valence-corrected chi connectivity index (χ4v) is 4.99. The molecule has 5 rings (SSSR count). The standard InChI is InChI=1S/C26H32N6O2/c1-17-15-24(31-11-13-34-14-12-31)23(25-28-18(2)29-30-25)16-22(17)26(33)32-9-7-20(8-10-32)19-3-5-21(27)6-4-19/h3-6,15-16,20H,7-14,27H2,1-2H3,(H,28,29,30). The lowest BCUT2D eigenvalue weighted by Gasteiger charge is -2.33. The molecule has 3 aromatic rings. The second kappa shape index (κ2) is 9.46. The van der Waals surface area contributed by atoms with Crippen molar-refractivity contribution in [3.8, 4) is 11.4 Å². The number of carbonyl (C=O) groups excluding carboxylic acids is 1. The molecule has 2 fully saturated rings. The van der Waals surface area contributed by atoms with Crippen molar-refractivity contribution in [2.75, 3.05) is 50.0 Å². The van der Waals surface area contributed by atoms with Crippen molar-refractivity contribution in [1.29, 1.82) is 0 Å². The van der Waals surface area contributed by atoms with Gasteiger partial charge in [0.1, 0.15) is 5.82 Å². The highest BCUT2D eigenvalue weighted by Crippen LogP contribution is 2.34. The Morgan fingerprint density at radius 1 is 1.06 bits per heavy atom. The zero-order valence-electron chi connectivity index (χ0n) is 19.9. The van der Waals surface area contributed by atoms with E-state index in [0.717, 1.165) is 72.9 Å². The van der Waals surface area contributed by atoms with E-state index in [9.17, 15) is 4.79 Å². The highest BCUT2D eigenvalue weighted by molar-refractivity contribution is 5.98. The van der Waals surface area contributed by atoms with Crippen molar-refractivity contribution in [2.45, 2.75) is 32.6 Å². The highest BCUT2D eigenvalue weighted by atomic mass is 16.5. The van der Waals surface area contributed by atoms with Gasteiger partial charge in [-0.1, -0.05) is 12.1 Å². The van der Waals surface area contributed by atoms with Crippen molar-refractivity contribution in [3.05, 3.63) is 58.9 Å². The summed E-state index contributed by atoms with van der Waals surface area (Å²) in [6.45, 7) is 8.39. The first kappa shape index (κ1) is 22.4. The van der Waals surface area contributed by atoms with Gasteiger partial charge in [0.2, 0.25) is 0 Å². The van der Waals surface area contributed by atoms with Crippen molar-refractivity contribution < 1.29 is 9.53 Å². The average Bonchev–Trinajstić information content (AvgIpc) is 3.30. The Morgan fingerprint density at radius 3 is 2.41 bits per heavy atom. The molecule has 0 radical (unpaired) electrons. The summed E-state index contributed by atoms with van der Waals surface area (Å²) in [4.78, 5) is 22.5. The van der Waals surface area contributed by atoms with Gasteiger partial charge in [-0.2, -0.15) is 5.10 Å². The molecule has 0 bridgehead atoms. The van der Waals surface area contributed by atoms with E-state index in [1.54, 1.807) is 0 Å². The number of nitrogen functional groups attached to an aromatic ring is 1. The van der Waals surface area contributed by atoms with Gasteiger partial charge in [0.05, 0.1) is 13.2 Å². The van der Waals surface area contributed by atoms with Crippen LogP contribution in [0.3, 0.4) is 0 Å². The molecule has 2 aliphatic heterocycles. The van der Waals surface area contributed by atoms with Crippen LogP contribution in [0.25, 0.3) is 11.4 Å². The van der Waals surface area contributed by atoms with Crippen molar-refractivity contribution in [2.24, 2.45) is 0 Å². The van der Waals surface area contributed by atoms with E-state index >= 15 is 0 Å². The summed E-state index contributed by atoms with van der Waals surface area (Å²) in [5.74, 6) is 1.91. The Balaban J connectivity index is 1.39. The number of aryl methyl sites for hydroxylation is 2. The molecule has 0 spiro atoms. The van der Waals surface area contributed by atoms with E-state index in [1.165, 1.54) is 5.56 Å². The molecule has 0 saturated carbocycles. The van der Waals surface area contributed by atoms with Crippen LogP contribution in [0.15, 0.2) is 36.4 Å². The second-order valence-corrected chi connectivity index (χ2v) is 9.26. The van der Waals surface area contributed by atoms with Gasteiger partial charge in [-0.25, -0.2) is 4.98 Å². The molecule has 2 aliphatic rings. The Hall–Kier alpha value is -3.39. The number of nitrogens with zero attached hydrogens (tertiary/aromatic N) is 4. The van der Waals surface area contributed by atoms with Crippen LogP contribution in [0.4, 0.5) is 11.4 Å². The maximum Gasteiger partial charge on any atom is 0.254 e. The third kappa shape index (κ3) is 4.50. The molecule has 3 heterocycles. The molecule has 8 nitrogen and oxygen atoms in total. The number of amides is 1. The van der Waals surface area contributed by atoms with Gasteiger partial charge in [0.15, 0.2) is 5.82 Å². The molecule has 0 unspecified atom stereocenters. The molecule has 0 aliphatic carbocycles. The number of piperidine rings is 1. The van der Waals surface area contributed by atoms with E-state index in [-0.39, 0.29) is 5.91 Å². The first-order chi connectivity index (χ1) is 16.5. The van der Waals surface area contributed by atoms with Gasteiger partial charge < -0.3 is 20.3 Å². The van der Waals surface area contributed by atoms with Crippen LogP contribution < -0.4 is 10.6 Å². The Kier molecular flexibility index (Phi) is 6.24. The molecular weight excluding hydrogens is 428 g/mol. The number of nitrogens with two attached hydrogens (primary N) is 1. The van der Waals surface area contributed by atoms with Crippen LogP contribution in [0.1, 0.15) is 46.1 Å². The summed E-state index contributed by atoms with van der Waals surface area (Å²) >= 11 is 0. The molecule has 1 aromatic heterocycles. The number of nitrogens with one attached hydrogen (secondary N) is 1. The zero-order valence-corrected chi connectivity index (χ0v) is 19.9. The van der Waals surface area contributed by atoms with E-state index in [4.69, 9.17) is 10.5 Å². The maximum absolute atomic E-state index is 13.6. The Morgan fingerprint density at radius 2 is 1.76 bits per heavy atom. The van der Waals surface area contributed by atoms with Crippen LogP contribution in [0, 0.1) is 13.8 Å². The van der Waals surface area contributed by atoms with E-state index in [1.807, 2.05) is 36.9 Å². The number of anilines is 2. The molecule has 34 heavy (non-hydrogen) atoms. The van der Waals surface area contributed by atoms with Gasteiger partial charge in [-0.15, -0.1) is 0 Å². The van der Waals surface area contributed by atoms with E-state index in [0.29, 0.717) is 25.0 Å². The van der Waals surface area contributed by atoms with Crippen LogP contribution in [-0.4, -0.2) is 65.4 Å². The lowest BCUT2D eigenvalue weighted by molar-refractivity contribution is 0.0712. The van der Waals surface area contributed by atoms with E-state index < -0.39 is 0 Å². The van der Waals surface area contributed by atoms with Gasteiger partial charge in [0, 0.05) is 48.7 Å². The minimum Gasteiger partial charge on any atom is -0.399 e. The molecule has 8 heteroatoms. The molecule has 0 atom stereocenters. The first-order valence-corrected chi connectivity index (χ1v) is 12.0. The van der Waals surface area contributed by atoms with E-state index in [2.05, 4.69) is 38.3 Å². The number of rotatable bonds is 4. The first-order valence-electron chi connectivity index (χ1n) is 12.0. The molecule has 2 aromatic carbocycles. The SMILES string of the molecule is Cc1nc(-c2cc(C(=O)N3CCC(c4ccc(N)cc4)CC3)c(C)cc2N2CCOCC2)n[nH]1. The fraction of sp³-hybridized carbons (Fsp3) is 0.423. The lowest BCUT2D eigenvalue weighted by Crippen LogP contribution is -2.38. The number of hydrogen-bond acceptors (Lipinski definition) is 6. The minimum absolute atomic E-state index is 0.0790. The number of likely N-dealkylation sites (tertiary alicyclic amines) is 1. The number of benzene rings is 2. The van der Waals surface area contributed by atoms with Gasteiger partial charge >= 0.3 is 0 Å². The third-order valence-electron chi connectivity index (χ3n) is 6.95. The average molecular weight is 461 g/mol. The summed E-state index contributed by atoms with van der Waals surface area (Å²) in [6, 6.07) is 12.2. The van der Waals surface area contributed by atoms with Crippen molar-refractivity contribution >= 4 is 17.3 Å².